The number of aromatic nitrogens is 3. The van der Waals surface area contributed by atoms with E-state index in [4.69, 9.17) is 21.1 Å². The summed E-state index contributed by atoms with van der Waals surface area (Å²) in [5.74, 6) is 0.887. The van der Waals surface area contributed by atoms with Crippen LogP contribution in [0.25, 0.3) is 11.4 Å². The van der Waals surface area contributed by atoms with Gasteiger partial charge in [0.1, 0.15) is 0 Å². The first kappa shape index (κ1) is 23.4. The van der Waals surface area contributed by atoms with E-state index in [1.807, 2.05) is 23.6 Å². The molecule has 0 fully saturated rings. The number of hydrazone groups is 1. The van der Waals surface area contributed by atoms with Crippen LogP contribution < -0.4 is 14.9 Å². The number of methoxy groups -OCH3 is 2. The number of thioether (sulfide) groups is 1. The molecule has 0 bridgehead atoms. The molecular weight excluding hydrogens is 454 g/mol. The van der Waals surface area contributed by atoms with Gasteiger partial charge in [0.2, 0.25) is 5.75 Å². The number of carbonyl (C=O) groups excluding carboxylic acids is 1. The van der Waals surface area contributed by atoms with Crippen LogP contribution >= 0.6 is 23.4 Å². The van der Waals surface area contributed by atoms with Crippen LogP contribution in [0.5, 0.6) is 17.2 Å². The second-order valence-electron chi connectivity index (χ2n) is 6.41. The van der Waals surface area contributed by atoms with E-state index >= 15 is 0 Å². The van der Waals surface area contributed by atoms with Gasteiger partial charge in [-0.1, -0.05) is 23.4 Å². The van der Waals surface area contributed by atoms with Crippen molar-refractivity contribution >= 4 is 35.5 Å². The first-order valence-electron chi connectivity index (χ1n) is 9.55. The highest BCUT2D eigenvalue weighted by atomic mass is 35.5. The van der Waals surface area contributed by atoms with Gasteiger partial charge >= 0.3 is 0 Å². The Labute approximate surface area is 194 Å². The lowest BCUT2D eigenvalue weighted by Gasteiger charge is -2.09. The molecule has 9 nitrogen and oxygen atoms in total. The van der Waals surface area contributed by atoms with Gasteiger partial charge in [-0.25, -0.2) is 5.43 Å². The molecule has 0 radical (unpaired) electrons. The maximum absolute atomic E-state index is 12.2. The Hall–Kier alpha value is -3.24. The molecule has 3 aromatic rings. The fourth-order valence-electron chi connectivity index (χ4n) is 2.82. The average molecular weight is 476 g/mol. The van der Waals surface area contributed by atoms with Crippen LogP contribution in [0, 0.1) is 0 Å². The van der Waals surface area contributed by atoms with Crippen molar-refractivity contribution in [2.75, 3.05) is 20.0 Å². The number of benzene rings is 2. The predicted molar refractivity (Wildman–Crippen MR) is 124 cm³/mol. The molecule has 0 aliphatic rings. The van der Waals surface area contributed by atoms with Gasteiger partial charge in [0, 0.05) is 22.7 Å². The summed E-state index contributed by atoms with van der Waals surface area (Å²) in [7, 11) is 2.86. The van der Waals surface area contributed by atoms with Crippen LogP contribution in [0.2, 0.25) is 5.02 Å². The molecule has 0 saturated carbocycles. The highest BCUT2D eigenvalue weighted by Crippen LogP contribution is 2.36. The van der Waals surface area contributed by atoms with Gasteiger partial charge in [0.15, 0.2) is 22.5 Å². The van der Waals surface area contributed by atoms with E-state index in [1.165, 1.54) is 32.2 Å². The van der Waals surface area contributed by atoms with Crippen molar-refractivity contribution in [3.8, 4) is 28.6 Å². The third-order valence-electron chi connectivity index (χ3n) is 4.37. The van der Waals surface area contributed by atoms with E-state index in [1.54, 1.807) is 24.3 Å². The van der Waals surface area contributed by atoms with Crippen LogP contribution in [0.15, 0.2) is 46.7 Å². The fourth-order valence-corrected chi connectivity index (χ4v) is 3.74. The standard InChI is InChI=1S/C21H22ClN5O4S/c1-4-27-20(14-5-7-15(22)8-6-14)25-26-21(27)32-12-18(28)24-23-11-13-9-16(30-2)19(29)17(10-13)31-3/h5-11,29H,4,12H2,1-3H3,(H,24,28)/b23-11-. The molecule has 0 aliphatic heterocycles. The Morgan fingerprint density at radius 1 is 1.22 bits per heavy atom. The van der Waals surface area contributed by atoms with Gasteiger partial charge in [-0.05, 0) is 43.3 Å². The highest BCUT2D eigenvalue weighted by Gasteiger charge is 2.15. The summed E-state index contributed by atoms with van der Waals surface area (Å²) in [6.45, 7) is 2.63. The number of ether oxygens (including phenoxy) is 2. The summed E-state index contributed by atoms with van der Waals surface area (Å²) in [4.78, 5) is 12.2. The van der Waals surface area contributed by atoms with Crippen LogP contribution in [-0.2, 0) is 11.3 Å². The van der Waals surface area contributed by atoms with Gasteiger partial charge in [-0.15, -0.1) is 10.2 Å². The van der Waals surface area contributed by atoms with Gasteiger partial charge < -0.3 is 19.1 Å². The number of amides is 1. The average Bonchev–Trinajstić information content (AvgIpc) is 3.22. The molecule has 2 aromatic carbocycles. The molecule has 1 aromatic heterocycles. The molecule has 0 spiro atoms. The highest BCUT2D eigenvalue weighted by molar-refractivity contribution is 7.99. The molecule has 0 aliphatic carbocycles. The molecule has 0 saturated heterocycles. The first-order valence-corrected chi connectivity index (χ1v) is 10.9. The minimum Gasteiger partial charge on any atom is -0.502 e. The summed E-state index contributed by atoms with van der Waals surface area (Å²) in [5.41, 5.74) is 3.95. The second kappa shape index (κ2) is 10.9. The summed E-state index contributed by atoms with van der Waals surface area (Å²) in [6.07, 6.45) is 1.43. The number of carbonyl (C=O) groups is 1. The van der Waals surface area contributed by atoms with Crippen LogP contribution in [-0.4, -0.2) is 52.0 Å². The molecule has 2 N–H and O–H groups in total. The number of nitrogens with zero attached hydrogens (tertiary/aromatic N) is 4. The molecule has 32 heavy (non-hydrogen) atoms. The van der Waals surface area contributed by atoms with E-state index in [2.05, 4.69) is 20.7 Å². The van der Waals surface area contributed by atoms with Crippen molar-refractivity contribution in [2.24, 2.45) is 5.10 Å². The molecule has 168 valence electrons. The number of hydrogen-bond donors (Lipinski definition) is 2. The largest absolute Gasteiger partial charge is 0.502 e. The van der Waals surface area contributed by atoms with Gasteiger partial charge in [-0.2, -0.15) is 5.10 Å². The zero-order valence-corrected chi connectivity index (χ0v) is 19.3. The van der Waals surface area contributed by atoms with Crippen molar-refractivity contribution < 1.29 is 19.4 Å². The zero-order valence-electron chi connectivity index (χ0n) is 17.7. The molecule has 0 unspecified atom stereocenters. The Bertz CT molecular complexity index is 1090. The number of hydrogen-bond acceptors (Lipinski definition) is 8. The third kappa shape index (κ3) is 5.51. The van der Waals surface area contributed by atoms with E-state index in [0.717, 1.165) is 5.56 Å². The molecule has 0 atom stereocenters. The number of nitrogens with one attached hydrogen (secondary N) is 1. The second-order valence-corrected chi connectivity index (χ2v) is 7.79. The molecule has 3 rings (SSSR count). The Morgan fingerprint density at radius 3 is 2.47 bits per heavy atom. The number of aromatic hydroxyl groups is 1. The molecular formula is C21H22ClN5O4S. The smallest absolute Gasteiger partial charge is 0.250 e. The zero-order chi connectivity index (χ0) is 23.1. The van der Waals surface area contributed by atoms with Crippen LogP contribution in [0.3, 0.4) is 0 Å². The van der Waals surface area contributed by atoms with Gasteiger partial charge in [-0.3, -0.25) is 4.79 Å². The molecule has 11 heteroatoms. The van der Waals surface area contributed by atoms with Crippen LogP contribution in [0.1, 0.15) is 12.5 Å². The van der Waals surface area contributed by atoms with Crippen molar-refractivity contribution in [1.82, 2.24) is 20.2 Å². The maximum atomic E-state index is 12.2. The summed E-state index contributed by atoms with van der Waals surface area (Å²) in [5, 5.41) is 23.6. The van der Waals surface area contributed by atoms with Crippen molar-refractivity contribution in [3.05, 3.63) is 47.0 Å². The minimum absolute atomic E-state index is 0.106. The SMILES string of the molecule is CCn1c(SCC(=O)N/N=C\c2cc(OC)c(O)c(OC)c2)nnc1-c1ccc(Cl)cc1. The number of phenolic OH excluding ortho intramolecular Hbond substituents is 1. The lowest BCUT2D eigenvalue weighted by molar-refractivity contribution is -0.118. The first-order chi connectivity index (χ1) is 15.5. The summed E-state index contributed by atoms with van der Waals surface area (Å²) >= 11 is 7.22. The molecule has 1 heterocycles. The number of halogens is 1. The van der Waals surface area contributed by atoms with Crippen molar-refractivity contribution in [2.45, 2.75) is 18.6 Å². The number of rotatable bonds is 9. The number of phenols is 1. The quantitative estimate of drug-likeness (QED) is 0.276. The van der Waals surface area contributed by atoms with E-state index < -0.39 is 0 Å². The third-order valence-corrected chi connectivity index (χ3v) is 5.59. The Balaban J connectivity index is 1.61. The minimum atomic E-state index is -0.303. The monoisotopic (exact) mass is 475 g/mol. The Kier molecular flexibility index (Phi) is 7.96. The maximum Gasteiger partial charge on any atom is 0.250 e. The lowest BCUT2D eigenvalue weighted by atomic mass is 10.2. The Morgan fingerprint density at radius 2 is 1.88 bits per heavy atom. The summed E-state index contributed by atoms with van der Waals surface area (Å²) < 4.78 is 12.1. The van der Waals surface area contributed by atoms with E-state index in [-0.39, 0.29) is 28.9 Å². The van der Waals surface area contributed by atoms with Gasteiger partial charge in [0.25, 0.3) is 5.91 Å². The topological polar surface area (TPSA) is 111 Å². The van der Waals surface area contributed by atoms with E-state index in [9.17, 15) is 9.90 Å². The molecule has 1 amide bonds. The van der Waals surface area contributed by atoms with E-state index in [0.29, 0.717) is 28.1 Å². The van der Waals surface area contributed by atoms with Crippen molar-refractivity contribution in [1.29, 1.82) is 0 Å². The van der Waals surface area contributed by atoms with Crippen molar-refractivity contribution in [3.63, 3.8) is 0 Å². The van der Waals surface area contributed by atoms with Gasteiger partial charge in [0.05, 0.1) is 26.2 Å². The predicted octanol–water partition coefficient (Wildman–Crippen LogP) is 3.58. The summed E-state index contributed by atoms with van der Waals surface area (Å²) in [6, 6.07) is 10.5. The normalized spacial score (nSPS) is 11.0. The lowest BCUT2D eigenvalue weighted by Crippen LogP contribution is -2.20. The van der Waals surface area contributed by atoms with Crippen LogP contribution in [0.4, 0.5) is 0 Å². The fraction of sp³-hybridized carbons (Fsp3) is 0.238.